The lowest BCUT2D eigenvalue weighted by molar-refractivity contribution is 0.590. The molecule has 0 amide bonds. The van der Waals surface area contributed by atoms with Crippen molar-refractivity contribution in [3.8, 4) is 22.5 Å². The van der Waals surface area contributed by atoms with Crippen LogP contribution in [0.1, 0.15) is 11.1 Å². The Labute approximate surface area is 226 Å². The van der Waals surface area contributed by atoms with Crippen LogP contribution in [-0.2, 0) is 0 Å². The summed E-state index contributed by atoms with van der Waals surface area (Å²) in [5.41, 5.74) is 4.51. The maximum Gasteiger partial charge on any atom is 0.149 e. The first-order chi connectivity index (χ1) is 18.2. The zero-order valence-corrected chi connectivity index (χ0v) is 22.0. The summed E-state index contributed by atoms with van der Waals surface area (Å²) in [6.07, 6.45) is 0. The first-order valence-corrected chi connectivity index (χ1v) is 12.3. The molecule has 0 saturated heterocycles. The van der Waals surface area contributed by atoms with Gasteiger partial charge in [-0.05, 0) is 114 Å². The number of aryl methyl sites for hydroxylation is 2. The van der Waals surface area contributed by atoms with Crippen LogP contribution in [0.2, 0.25) is 0 Å². The standard InChI is InChI=1S/C18H13F3N2.C12H9BrFN/c1-11-10-12(19)8-9-13(11)16-6-3-7-17(22-16)23-18-14(20)4-2-5-15(18)21;1-8-7-9(14)5-6-10(8)11-3-2-4-12(13)15-11/h2-10H,1H3,(H,22,23);2-7H,1H3. The molecule has 5 rings (SSSR count). The molecule has 8 heteroatoms. The van der Waals surface area contributed by atoms with Gasteiger partial charge in [-0.1, -0.05) is 18.2 Å². The fraction of sp³-hybridized carbons (Fsp3) is 0.0667. The van der Waals surface area contributed by atoms with Crippen LogP contribution in [0.15, 0.2) is 95.6 Å². The largest absolute Gasteiger partial charge is 0.335 e. The van der Waals surface area contributed by atoms with Crippen molar-refractivity contribution >= 4 is 27.4 Å². The Hall–Kier alpha value is -4.04. The minimum atomic E-state index is -0.699. The zero-order chi connectivity index (χ0) is 27.2. The second-order valence-electron chi connectivity index (χ2n) is 8.39. The molecule has 3 nitrogen and oxygen atoms in total. The van der Waals surface area contributed by atoms with E-state index in [-0.39, 0.29) is 17.3 Å². The molecule has 0 spiro atoms. The van der Waals surface area contributed by atoms with E-state index in [1.54, 1.807) is 37.3 Å². The van der Waals surface area contributed by atoms with Gasteiger partial charge >= 0.3 is 0 Å². The maximum atomic E-state index is 13.7. The summed E-state index contributed by atoms with van der Waals surface area (Å²) >= 11 is 3.31. The zero-order valence-electron chi connectivity index (χ0n) is 20.4. The van der Waals surface area contributed by atoms with Gasteiger partial charge in [0.05, 0.1) is 11.4 Å². The van der Waals surface area contributed by atoms with Crippen molar-refractivity contribution in [2.75, 3.05) is 5.32 Å². The van der Waals surface area contributed by atoms with Crippen LogP contribution in [0, 0.1) is 37.1 Å². The highest BCUT2D eigenvalue weighted by Gasteiger charge is 2.11. The van der Waals surface area contributed by atoms with E-state index < -0.39 is 11.6 Å². The van der Waals surface area contributed by atoms with Crippen LogP contribution in [0.5, 0.6) is 0 Å². The predicted octanol–water partition coefficient (Wildman–Crippen LogP) is 9.18. The molecule has 5 aromatic rings. The third-order valence-electron chi connectivity index (χ3n) is 5.61. The van der Waals surface area contributed by atoms with E-state index >= 15 is 0 Å². The van der Waals surface area contributed by atoms with E-state index in [0.29, 0.717) is 11.5 Å². The van der Waals surface area contributed by atoms with Crippen LogP contribution in [0.25, 0.3) is 22.5 Å². The number of hydrogen-bond acceptors (Lipinski definition) is 3. The smallest absolute Gasteiger partial charge is 0.149 e. The average Bonchev–Trinajstić information content (AvgIpc) is 2.87. The topological polar surface area (TPSA) is 37.8 Å². The SMILES string of the molecule is Cc1cc(F)ccc1-c1cccc(Br)n1.Cc1cc(F)ccc1-c1cccc(Nc2c(F)cccc2F)n1. The number of hydrogen-bond donors (Lipinski definition) is 1. The number of nitrogens with one attached hydrogen (secondary N) is 1. The average molecular weight is 580 g/mol. The molecule has 192 valence electrons. The fourth-order valence-electron chi connectivity index (χ4n) is 3.79. The molecule has 38 heavy (non-hydrogen) atoms. The Balaban J connectivity index is 0.000000194. The molecular weight excluding hydrogens is 558 g/mol. The van der Waals surface area contributed by atoms with Gasteiger partial charge in [0.1, 0.15) is 39.4 Å². The molecule has 0 fully saturated rings. The van der Waals surface area contributed by atoms with Gasteiger partial charge in [-0.15, -0.1) is 0 Å². The monoisotopic (exact) mass is 579 g/mol. The molecule has 0 radical (unpaired) electrons. The maximum absolute atomic E-state index is 13.7. The van der Waals surface area contributed by atoms with E-state index in [1.807, 2.05) is 25.1 Å². The lowest BCUT2D eigenvalue weighted by Gasteiger charge is -2.10. The van der Waals surface area contributed by atoms with Crippen molar-refractivity contribution in [3.05, 3.63) is 130 Å². The predicted molar refractivity (Wildman–Crippen MR) is 146 cm³/mol. The third kappa shape index (κ3) is 6.63. The molecule has 2 aromatic heterocycles. The molecule has 2 heterocycles. The van der Waals surface area contributed by atoms with E-state index in [0.717, 1.165) is 32.6 Å². The quantitative estimate of drug-likeness (QED) is 0.170. The van der Waals surface area contributed by atoms with Crippen LogP contribution >= 0.6 is 15.9 Å². The lowest BCUT2D eigenvalue weighted by atomic mass is 10.1. The Morgan fingerprint density at radius 3 is 1.63 bits per heavy atom. The van der Waals surface area contributed by atoms with Crippen LogP contribution in [0.4, 0.5) is 29.1 Å². The Kier molecular flexibility index (Phi) is 8.53. The molecule has 0 atom stereocenters. The fourth-order valence-corrected chi connectivity index (χ4v) is 4.13. The molecular formula is C30H22BrF4N3. The van der Waals surface area contributed by atoms with Gasteiger partial charge in [-0.2, -0.15) is 0 Å². The summed E-state index contributed by atoms with van der Waals surface area (Å²) in [5, 5.41) is 2.65. The minimum Gasteiger partial charge on any atom is -0.335 e. The molecule has 0 aliphatic heterocycles. The first-order valence-electron chi connectivity index (χ1n) is 11.5. The van der Waals surface area contributed by atoms with Gasteiger partial charge in [0.25, 0.3) is 0 Å². The summed E-state index contributed by atoms with van der Waals surface area (Å²) < 4.78 is 54.3. The molecule has 0 aliphatic rings. The summed E-state index contributed by atoms with van der Waals surface area (Å²) in [5.74, 6) is -1.64. The van der Waals surface area contributed by atoms with Crippen molar-refractivity contribution < 1.29 is 17.6 Å². The van der Waals surface area contributed by atoms with Gasteiger partial charge < -0.3 is 5.32 Å². The van der Waals surface area contributed by atoms with Crippen molar-refractivity contribution in [1.29, 1.82) is 0 Å². The summed E-state index contributed by atoms with van der Waals surface area (Å²) in [7, 11) is 0. The number of rotatable bonds is 4. The minimum absolute atomic E-state index is 0.216. The van der Waals surface area contributed by atoms with E-state index in [1.165, 1.54) is 42.5 Å². The molecule has 0 unspecified atom stereocenters. The Morgan fingerprint density at radius 1 is 0.605 bits per heavy atom. The number of benzene rings is 3. The Bertz CT molecular complexity index is 1570. The molecule has 0 bridgehead atoms. The molecule has 3 aromatic carbocycles. The van der Waals surface area contributed by atoms with Gasteiger partial charge in [-0.25, -0.2) is 27.5 Å². The Morgan fingerprint density at radius 2 is 1.11 bits per heavy atom. The number of anilines is 2. The van der Waals surface area contributed by atoms with Gasteiger partial charge in [0.2, 0.25) is 0 Å². The molecule has 0 saturated carbocycles. The first kappa shape index (κ1) is 27.0. The normalized spacial score (nSPS) is 10.5. The van der Waals surface area contributed by atoms with Crippen molar-refractivity contribution in [3.63, 3.8) is 0 Å². The van der Waals surface area contributed by atoms with E-state index in [2.05, 4.69) is 31.2 Å². The summed E-state index contributed by atoms with van der Waals surface area (Å²) in [4.78, 5) is 8.67. The molecule has 0 aliphatic carbocycles. The van der Waals surface area contributed by atoms with Crippen LogP contribution in [-0.4, -0.2) is 9.97 Å². The van der Waals surface area contributed by atoms with Gasteiger partial charge in [0.15, 0.2) is 0 Å². The third-order valence-corrected chi connectivity index (χ3v) is 6.05. The van der Waals surface area contributed by atoms with E-state index in [9.17, 15) is 17.6 Å². The lowest BCUT2D eigenvalue weighted by Crippen LogP contribution is -2.00. The highest BCUT2D eigenvalue weighted by molar-refractivity contribution is 9.10. The van der Waals surface area contributed by atoms with Gasteiger partial charge in [0, 0.05) is 11.1 Å². The van der Waals surface area contributed by atoms with Crippen molar-refractivity contribution in [2.45, 2.75) is 13.8 Å². The second kappa shape index (κ2) is 12.0. The van der Waals surface area contributed by atoms with E-state index in [4.69, 9.17) is 0 Å². The van der Waals surface area contributed by atoms with Gasteiger partial charge in [-0.3, -0.25) is 0 Å². The number of pyridine rings is 2. The second-order valence-corrected chi connectivity index (χ2v) is 9.21. The number of halogens is 5. The van der Waals surface area contributed by atoms with Crippen LogP contribution < -0.4 is 5.32 Å². The van der Waals surface area contributed by atoms with Crippen molar-refractivity contribution in [2.24, 2.45) is 0 Å². The number of nitrogens with zero attached hydrogens (tertiary/aromatic N) is 2. The van der Waals surface area contributed by atoms with Crippen molar-refractivity contribution in [1.82, 2.24) is 9.97 Å². The number of aromatic nitrogens is 2. The highest BCUT2D eigenvalue weighted by atomic mass is 79.9. The summed E-state index contributed by atoms with van der Waals surface area (Å²) in [6.45, 7) is 3.65. The molecule has 1 N–H and O–H groups in total. The summed E-state index contributed by atoms with van der Waals surface area (Å²) in [6, 6.07) is 23.5. The van der Waals surface area contributed by atoms with Crippen LogP contribution in [0.3, 0.4) is 0 Å². The highest BCUT2D eigenvalue weighted by Crippen LogP contribution is 2.27. The number of para-hydroxylation sites is 1.